The number of nitrogens with two attached hydrogens (primary N) is 1. The minimum Gasteiger partial charge on any atom is -0.318 e. The van der Waals surface area contributed by atoms with Crippen LogP contribution in [0.2, 0.25) is 0 Å². The summed E-state index contributed by atoms with van der Waals surface area (Å²) in [6, 6.07) is 0. The molecule has 4 N–H and O–H groups in total. The van der Waals surface area contributed by atoms with E-state index in [-0.39, 0.29) is 5.96 Å². The second kappa shape index (κ2) is 4.24. The summed E-state index contributed by atoms with van der Waals surface area (Å²) >= 11 is -1.57. The van der Waals surface area contributed by atoms with E-state index in [0.717, 1.165) is 0 Å². The highest BCUT2D eigenvalue weighted by Gasteiger charge is 2.18. The Hall–Kier alpha value is -0.860. The quantitative estimate of drug-likeness (QED) is 0.351. The third-order valence-corrected chi connectivity index (χ3v) is 1.80. The molecule has 1 heterocycles. The lowest BCUT2D eigenvalue weighted by Gasteiger charge is -2.14. The monoisotopic (exact) mass is 193 g/mol. The number of nitrogens with one attached hydrogen (secondary N) is 2. The molecule has 0 bridgehead atoms. The van der Waals surface area contributed by atoms with Gasteiger partial charge in [-0.1, -0.05) is 0 Å². The van der Waals surface area contributed by atoms with E-state index in [9.17, 15) is 4.21 Å². The average molecular weight is 193 g/mol. The molecule has 0 fully saturated rings. The topological polar surface area (TPSA) is 92.0 Å². The summed E-state index contributed by atoms with van der Waals surface area (Å²) in [5, 5.41) is 7.68. The highest BCUT2D eigenvalue weighted by Crippen LogP contribution is 1.95. The van der Waals surface area contributed by atoms with Gasteiger partial charge < -0.3 is 5.32 Å². The Bertz CT molecular complexity index is 208. The number of hydrazine groups is 1. The molecule has 0 spiro atoms. The molecule has 0 saturated carbocycles. The van der Waals surface area contributed by atoms with Crippen LogP contribution in [0, 0.1) is 0 Å². The molecule has 1 rings (SSSR count). The summed E-state index contributed by atoms with van der Waals surface area (Å²) in [6.45, 7) is 1.27. The van der Waals surface area contributed by atoms with Crippen molar-refractivity contribution < 1.29 is 8.49 Å². The van der Waals surface area contributed by atoms with Crippen LogP contribution in [0.3, 0.4) is 0 Å². The van der Waals surface area contributed by atoms with Crippen molar-refractivity contribution in [1.82, 2.24) is 15.0 Å². The maximum absolute atomic E-state index is 10.6. The number of nitrogens with zero attached hydrogens (tertiary/aromatic N) is 2. The molecule has 0 aromatic heterocycles. The summed E-state index contributed by atoms with van der Waals surface area (Å²) < 4.78 is 17.4. The van der Waals surface area contributed by atoms with Crippen LogP contribution in [-0.2, 0) is 15.6 Å². The predicted molar refractivity (Wildman–Crippen MR) is 44.6 cm³/mol. The first kappa shape index (κ1) is 9.23. The fourth-order valence-corrected chi connectivity index (χ4v) is 1.11. The van der Waals surface area contributed by atoms with Gasteiger partial charge in [0.25, 0.3) is 5.96 Å². The number of hydrogen-bond donors (Lipinski definition) is 3. The molecule has 1 aliphatic heterocycles. The van der Waals surface area contributed by atoms with E-state index in [1.165, 1.54) is 5.01 Å². The molecule has 12 heavy (non-hydrogen) atoms. The minimum absolute atomic E-state index is 0.281. The first-order valence-corrected chi connectivity index (χ1v) is 4.42. The highest BCUT2D eigenvalue weighted by atomic mass is 32.2. The summed E-state index contributed by atoms with van der Waals surface area (Å²) in [6.07, 6.45) is 0. The molecule has 0 aliphatic carbocycles. The molecule has 1 unspecified atom stereocenters. The van der Waals surface area contributed by atoms with Gasteiger partial charge in [-0.2, -0.15) is 4.21 Å². The first-order valence-electron chi connectivity index (χ1n) is 3.35. The van der Waals surface area contributed by atoms with Gasteiger partial charge in [-0.3, -0.25) is 9.29 Å². The standard InChI is InChI=1S/C4H11N5O2S/c1-6-2-3-9(5)4-7-11-12(10)8-4/h6H,2-3,5H2,1H3,(H,7,8). The SMILES string of the molecule is CNCCN(N)C1=NOS(=O)N1. The third-order valence-electron chi connectivity index (χ3n) is 1.24. The number of likely N-dealkylation sites (N-methyl/N-ethyl adjacent to an activating group) is 1. The van der Waals surface area contributed by atoms with E-state index in [1.807, 2.05) is 7.05 Å². The van der Waals surface area contributed by atoms with Crippen LogP contribution in [-0.4, -0.2) is 35.3 Å². The molecule has 0 aromatic carbocycles. The Kier molecular flexibility index (Phi) is 3.26. The lowest BCUT2D eigenvalue weighted by atomic mass is 10.6. The summed E-state index contributed by atoms with van der Waals surface area (Å²) in [4.78, 5) is 0. The second-order valence-corrected chi connectivity index (χ2v) is 2.95. The molecule has 70 valence electrons. The van der Waals surface area contributed by atoms with Crippen LogP contribution in [0.4, 0.5) is 0 Å². The maximum atomic E-state index is 10.6. The zero-order valence-corrected chi connectivity index (χ0v) is 7.43. The molecular formula is C4H11N5O2S. The molecule has 1 aliphatic rings. The van der Waals surface area contributed by atoms with Gasteiger partial charge in [0.15, 0.2) is 0 Å². The van der Waals surface area contributed by atoms with Crippen molar-refractivity contribution in [1.29, 1.82) is 0 Å². The number of rotatable bonds is 3. The second-order valence-electron chi connectivity index (χ2n) is 2.12. The molecule has 8 heteroatoms. The van der Waals surface area contributed by atoms with Crippen molar-refractivity contribution in [3.63, 3.8) is 0 Å². The molecule has 1 atom stereocenters. The van der Waals surface area contributed by atoms with Crippen molar-refractivity contribution in [3.05, 3.63) is 0 Å². The third kappa shape index (κ3) is 2.32. The lowest BCUT2D eigenvalue weighted by Crippen LogP contribution is -2.46. The van der Waals surface area contributed by atoms with Crippen molar-refractivity contribution in [2.24, 2.45) is 11.0 Å². The smallest absolute Gasteiger partial charge is 0.318 e. The van der Waals surface area contributed by atoms with Crippen molar-refractivity contribution in [3.8, 4) is 0 Å². The molecule has 0 radical (unpaired) electrons. The van der Waals surface area contributed by atoms with Crippen LogP contribution in [0.25, 0.3) is 0 Å². The van der Waals surface area contributed by atoms with E-state index in [0.29, 0.717) is 13.1 Å². The van der Waals surface area contributed by atoms with Gasteiger partial charge >= 0.3 is 11.3 Å². The van der Waals surface area contributed by atoms with Crippen molar-refractivity contribution in [2.75, 3.05) is 20.1 Å². The fourth-order valence-electron chi connectivity index (χ4n) is 0.630. The number of guanidine groups is 1. The van der Waals surface area contributed by atoms with Crippen LogP contribution in [0.15, 0.2) is 5.16 Å². The maximum Gasteiger partial charge on any atom is 0.339 e. The van der Waals surface area contributed by atoms with E-state index >= 15 is 0 Å². The molecule has 0 amide bonds. The van der Waals surface area contributed by atoms with E-state index in [1.54, 1.807) is 0 Å². The normalized spacial score (nSPS) is 21.2. The Labute approximate surface area is 72.7 Å². The van der Waals surface area contributed by atoms with Gasteiger partial charge in [-0.15, -0.1) is 0 Å². The van der Waals surface area contributed by atoms with Gasteiger partial charge in [0.05, 0.1) is 0 Å². The average Bonchev–Trinajstić information content (AvgIpc) is 2.47. The first-order chi connectivity index (χ1) is 5.74. The number of hydrogen-bond acceptors (Lipinski definition) is 6. The van der Waals surface area contributed by atoms with Gasteiger partial charge in [0, 0.05) is 13.1 Å². The largest absolute Gasteiger partial charge is 0.339 e. The minimum atomic E-state index is -1.57. The van der Waals surface area contributed by atoms with Crippen molar-refractivity contribution >= 4 is 17.2 Å². The van der Waals surface area contributed by atoms with Crippen molar-refractivity contribution in [2.45, 2.75) is 0 Å². The zero-order chi connectivity index (χ0) is 8.97. The van der Waals surface area contributed by atoms with E-state index in [4.69, 9.17) is 5.84 Å². The Morgan fingerprint density at radius 2 is 2.67 bits per heavy atom. The van der Waals surface area contributed by atoms with Crippen LogP contribution >= 0.6 is 0 Å². The van der Waals surface area contributed by atoms with Gasteiger partial charge in [0.2, 0.25) is 0 Å². The molecular weight excluding hydrogens is 182 g/mol. The summed E-state index contributed by atoms with van der Waals surface area (Å²) in [5.74, 6) is 5.79. The summed E-state index contributed by atoms with van der Waals surface area (Å²) in [7, 11) is 1.81. The molecule has 0 saturated heterocycles. The van der Waals surface area contributed by atoms with Gasteiger partial charge in [-0.25, -0.2) is 10.6 Å². The Balaban J connectivity index is 2.32. The van der Waals surface area contributed by atoms with Gasteiger partial charge in [-0.05, 0) is 12.2 Å². The Morgan fingerprint density at radius 1 is 1.92 bits per heavy atom. The molecule has 0 aromatic rings. The van der Waals surface area contributed by atoms with Crippen LogP contribution in [0.5, 0.6) is 0 Å². The zero-order valence-electron chi connectivity index (χ0n) is 6.61. The summed E-state index contributed by atoms with van der Waals surface area (Å²) in [5.41, 5.74) is 0. The van der Waals surface area contributed by atoms with Crippen LogP contribution < -0.4 is 15.9 Å². The molecule has 7 nitrogen and oxygen atoms in total. The highest BCUT2D eigenvalue weighted by molar-refractivity contribution is 7.79. The van der Waals surface area contributed by atoms with E-state index in [2.05, 4.69) is 19.5 Å². The number of oxime groups is 1. The van der Waals surface area contributed by atoms with Gasteiger partial charge in [0.1, 0.15) is 0 Å². The van der Waals surface area contributed by atoms with E-state index < -0.39 is 11.3 Å². The fraction of sp³-hybridized carbons (Fsp3) is 0.750. The van der Waals surface area contributed by atoms with Crippen LogP contribution in [0.1, 0.15) is 0 Å². The Morgan fingerprint density at radius 3 is 3.17 bits per heavy atom. The predicted octanol–water partition coefficient (Wildman–Crippen LogP) is -2.15. The lowest BCUT2D eigenvalue weighted by molar-refractivity contribution is 0.364.